The summed E-state index contributed by atoms with van der Waals surface area (Å²) < 4.78 is 24.5. The fourth-order valence-electron chi connectivity index (χ4n) is 3.20. The quantitative estimate of drug-likeness (QED) is 0.882. The van der Waals surface area contributed by atoms with Gasteiger partial charge < -0.3 is 4.90 Å². The molecule has 0 saturated carbocycles. The second kappa shape index (κ2) is 7.27. The van der Waals surface area contributed by atoms with Crippen molar-refractivity contribution in [1.29, 1.82) is 0 Å². The molecule has 1 aromatic heterocycles. The third-order valence-electron chi connectivity index (χ3n) is 4.57. The van der Waals surface area contributed by atoms with E-state index in [9.17, 15) is 8.42 Å². The van der Waals surface area contributed by atoms with Gasteiger partial charge in [0, 0.05) is 6.20 Å². The van der Waals surface area contributed by atoms with E-state index < -0.39 is 9.84 Å². The largest absolute Gasteiger partial charge is 0.303 e. The van der Waals surface area contributed by atoms with Gasteiger partial charge in [0.15, 0.2) is 9.84 Å². The van der Waals surface area contributed by atoms with Crippen molar-refractivity contribution in [2.24, 2.45) is 0 Å². The van der Waals surface area contributed by atoms with Crippen LogP contribution in [0, 0.1) is 0 Å². The molecule has 2 aromatic rings. The highest BCUT2D eigenvalue weighted by atomic mass is 32.2. The molecule has 0 unspecified atom stereocenters. The molecule has 1 saturated heterocycles. The van der Waals surface area contributed by atoms with E-state index in [-0.39, 0.29) is 5.75 Å². The van der Waals surface area contributed by atoms with E-state index in [0.29, 0.717) is 17.2 Å². The van der Waals surface area contributed by atoms with Crippen molar-refractivity contribution in [2.45, 2.75) is 30.1 Å². The molecule has 0 atom stereocenters. The Morgan fingerprint density at radius 1 is 1.17 bits per heavy atom. The van der Waals surface area contributed by atoms with E-state index in [1.165, 1.54) is 5.56 Å². The summed E-state index contributed by atoms with van der Waals surface area (Å²) in [5.41, 5.74) is 1.29. The van der Waals surface area contributed by atoms with Crippen molar-refractivity contribution in [2.75, 3.05) is 25.4 Å². The molecular weight excluding hydrogens is 310 g/mol. The molecule has 0 radical (unpaired) electrons. The summed E-state index contributed by atoms with van der Waals surface area (Å²) in [6, 6.07) is 8.72. The lowest BCUT2D eigenvalue weighted by Gasteiger charge is -2.31. The minimum Gasteiger partial charge on any atom is -0.303 e. The van der Waals surface area contributed by atoms with Gasteiger partial charge in [0.25, 0.3) is 0 Å². The number of nitrogens with one attached hydrogen (secondary N) is 1. The summed E-state index contributed by atoms with van der Waals surface area (Å²) in [4.78, 5) is 2.80. The summed E-state index contributed by atoms with van der Waals surface area (Å²) in [6.07, 6.45) is 6.81. The molecule has 5 nitrogen and oxygen atoms in total. The minimum absolute atomic E-state index is 0.221. The zero-order valence-electron chi connectivity index (χ0n) is 13.2. The van der Waals surface area contributed by atoms with Crippen molar-refractivity contribution >= 4 is 9.84 Å². The zero-order chi connectivity index (χ0) is 16.1. The lowest BCUT2D eigenvalue weighted by atomic mass is 9.91. The maximum absolute atomic E-state index is 12.3. The van der Waals surface area contributed by atoms with Gasteiger partial charge in [0.1, 0.15) is 0 Å². The summed E-state index contributed by atoms with van der Waals surface area (Å²) in [7, 11) is -3.15. The first-order chi connectivity index (χ1) is 11.1. The minimum atomic E-state index is -3.15. The Hall–Kier alpha value is -1.66. The molecular formula is C17H23N3O2S. The van der Waals surface area contributed by atoms with Crippen LogP contribution in [0.4, 0.5) is 0 Å². The molecule has 1 aromatic carbocycles. The van der Waals surface area contributed by atoms with E-state index in [4.69, 9.17) is 0 Å². The normalized spacial score (nSPS) is 17.4. The van der Waals surface area contributed by atoms with Crippen LogP contribution < -0.4 is 0 Å². The van der Waals surface area contributed by atoms with Gasteiger partial charge in [-0.1, -0.05) is 18.2 Å². The van der Waals surface area contributed by atoms with E-state index >= 15 is 0 Å². The number of sulfone groups is 1. The fourth-order valence-corrected chi connectivity index (χ4v) is 4.51. The molecule has 1 N–H and O–H groups in total. The van der Waals surface area contributed by atoms with Crippen LogP contribution in [0.25, 0.3) is 0 Å². The highest BCUT2D eigenvalue weighted by Crippen LogP contribution is 2.27. The topological polar surface area (TPSA) is 66.1 Å². The molecule has 0 spiro atoms. The summed E-state index contributed by atoms with van der Waals surface area (Å²) >= 11 is 0. The van der Waals surface area contributed by atoms with Gasteiger partial charge in [-0.2, -0.15) is 5.10 Å². The third-order valence-corrected chi connectivity index (χ3v) is 6.38. The Morgan fingerprint density at radius 3 is 2.57 bits per heavy atom. The van der Waals surface area contributed by atoms with Crippen molar-refractivity contribution < 1.29 is 8.42 Å². The monoisotopic (exact) mass is 333 g/mol. The highest BCUT2D eigenvalue weighted by Gasteiger charge is 2.21. The maximum Gasteiger partial charge on any atom is 0.178 e. The van der Waals surface area contributed by atoms with Crippen LogP contribution in [0.1, 0.15) is 30.7 Å². The predicted molar refractivity (Wildman–Crippen MR) is 90.1 cm³/mol. The molecule has 23 heavy (non-hydrogen) atoms. The number of aromatic nitrogens is 2. The second-order valence-electron chi connectivity index (χ2n) is 6.13. The third kappa shape index (κ3) is 4.20. The van der Waals surface area contributed by atoms with Crippen molar-refractivity contribution in [1.82, 2.24) is 15.1 Å². The lowest BCUT2D eigenvalue weighted by Crippen LogP contribution is -2.34. The molecule has 6 heteroatoms. The molecule has 1 fully saturated rings. The summed E-state index contributed by atoms with van der Waals surface area (Å²) in [5, 5.41) is 6.89. The SMILES string of the molecule is O=S(=O)(CCCN1CCC(c2cn[nH]c2)CC1)c1ccccc1. The van der Waals surface area contributed by atoms with E-state index in [0.717, 1.165) is 32.5 Å². The Bertz CT molecular complexity index is 691. The predicted octanol–water partition coefficient (Wildman–Crippen LogP) is 2.45. The van der Waals surface area contributed by atoms with Gasteiger partial charge in [0.05, 0.1) is 16.8 Å². The number of H-pyrrole nitrogens is 1. The highest BCUT2D eigenvalue weighted by molar-refractivity contribution is 7.91. The Kier molecular flexibility index (Phi) is 5.13. The Balaban J connectivity index is 1.44. The van der Waals surface area contributed by atoms with Crippen molar-refractivity contribution in [3.8, 4) is 0 Å². The van der Waals surface area contributed by atoms with Crippen LogP contribution in [-0.4, -0.2) is 48.9 Å². The van der Waals surface area contributed by atoms with Crippen LogP contribution in [0.5, 0.6) is 0 Å². The number of hydrogen-bond donors (Lipinski definition) is 1. The molecule has 1 aliphatic rings. The standard InChI is InChI=1S/C17H23N3O2S/c21-23(22,17-5-2-1-3-6-17)12-4-9-20-10-7-15(8-11-20)16-13-18-19-14-16/h1-3,5-6,13-15H,4,7-12H2,(H,18,19). The van der Waals surface area contributed by atoms with E-state index in [1.807, 2.05) is 18.5 Å². The van der Waals surface area contributed by atoms with Gasteiger partial charge in [-0.15, -0.1) is 0 Å². The molecule has 3 rings (SSSR count). The molecule has 0 bridgehead atoms. The average Bonchev–Trinajstić information content (AvgIpc) is 3.11. The number of hydrogen-bond acceptors (Lipinski definition) is 4. The first kappa shape index (κ1) is 16.2. The first-order valence-electron chi connectivity index (χ1n) is 8.14. The van der Waals surface area contributed by atoms with Crippen LogP contribution in [0.3, 0.4) is 0 Å². The van der Waals surface area contributed by atoms with E-state index in [2.05, 4.69) is 15.1 Å². The number of piperidine rings is 1. The number of likely N-dealkylation sites (tertiary alicyclic amines) is 1. The maximum atomic E-state index is 12.3. The number of nitrogens with zero attached hydrogens (tertiary/aromatic N) is 2. The average molecular weight is 333 g/mol. The summed E-state index contributed by atoms with van der Waals surface area (Å²) in [6.45, 7) is 2.91. The van der Waals surface area contributed by atoms with Crippen LogP contribution in [0.2, 0.25) is 0 Å². The van der Waals surface area contributed by atoms with Crippen LogP contribution in [0.15, 0.2) is 47.6 Å². The smallest absolute Gasteiger partial charge is 0.178 e. The molecule has 2 heterocycles. The van der Waals surface area contributed by atoms with Crippen LogP contribution >= 0.6 is 0 Å². The van der Waals surface area contributed by atoms with Gasteiger partial charge >= 0.3 is 0 Å². The van der Waals surface area contributed by atoms with Gasteiger partial charge in [-0.3, -0.25) is 5.10 Å². The first-order valence-corrected chi connectivity index (χ1v) is 9.79. The van der Waals surface area contributed by atoms with Gasteiger partial charge in [-0.05, 0) is 62.5 Å². The number of aromatic amines is 1. The second-order valence-corrected chi connectivity index (χ2v) is 8.24. The molecule has 1 aliphatic heterocycles. The fraction of sp³-hybridized carbons (Fsp3) is 0.471. The molecule has 0 amide bonds. The van der Waals surface area contributed by atoms with Crippen molar-refractivity contribution in [3.63, 3.8) is 0 Å². The zero-order valence-corrected chi connectivity index (χ0v) is 14.0. The summed E-state index contributed by atoms with van der Waals surface area (Å²) in [5.74, 6) is 0.802. The van der Waals surface area contributed by atoms with Gasteiger partial charge in [0.2, 0.25) is 0 Å². The lowest BCUT2D eigenvalue weighted by molar-refractivity contribution is 0.213. The van der Waals surface area contributed by atoms with Crippen molar-refractivity contribution in [3.05, 3.63) is 48.3 Å². The molecule has 124 valence electrons. The van der Waals surface area contributed by atoms with E-state index in [1.54, 1.807) is 24.3 Å². The van der Waals surface area contributed by atoms with Crippen LogP contribution in [-0.2, 0) is 9.84 Å². The number of benzene rings is 1. The number of rotatable bonds is 6. The molecule has 0 aliphatic carbocycles. The van der Waals surface area contributed by atoms with Gasteiger partial charge in [-0.25, -0.2) is 8.42 Å². The Morgan fingerprint density at radius 2 is 1.91 bits per heavy atom. The Labute approximate surface area is 137 Å².